The first kappa shape index (κ1) is 12.6. The lowest BCUT2D eigenvalue weighted by molar-refractivity contribution is -0.140. The van der Waals surface area contributed by atoms with Crippen molar-refractivity contribution < 1.29 is 4.79 Å². The van der Waals surface area contributed by atoms with E-state index in [1.54, 1.807) is 11.3 Å². The number of carbonyl (C=O) groups excluding carboxylic acids is 1. The molecule has 2 heterocycles. The molecule has 2 rings (SSSR count). The van der Waals surface area contributed by atoms with Crippen LogP contribution >= 0.6 is 11.3 Å². The summed E-state index contributed by atoms with van der Waals surface area (Å²) in [4.78, 5) is 18.5. The van der Waals surface area contributed by atoms with E-state index < -0.39 is 0 Å². The van der Waals surface area contributed by atoms with E-state index in [4.69, 9.17) is 0 Å². The van der Waals surface area contributed by atoms with Gasteiger partial charge < -0.3 is 4.90 Å². The highest BCUT2D eigenvalue weighted by atomic mass is 32.1. The topological polar surface area (TPSA) is 33.2 Å². The van der Waals surface area contributed by atoms with E-state index in [0.717, 1.165) is 25.9 Å². The summed E-state index contributed by atoms with van der Waals surface area (Å²) in [6.07, 6.45) is 3.97. The highest BCUT2D eigenvalue weighted by Gasteiger charge is 2.31. The van der Waals surface area contributed by atoms with Crippen LogP contribution in [0.25, 0.3) is 0 Å². The minimum Gasteiger partial charge on any atom is -0.342 e. The number of nitrogens with zero attached hydrogens (tertiary/aromatic N) is 2. The average Bonchev–Trinajstić information content (AvgIpc) is 2.80. The van der Waals surface area contributed by atoms with Gasteiger partial charge in [-0.1, -0.05) is 20.8 Å². The molecule has 0 unspecified atom stereocenters. The van der Waals surface area contributed by atoms with Crippen LogP contribution in [0, 0.1) is 5.41 Å². The van der Waals surface area contributed by atoms with Crippen molar-refractivity contribution in [1.29, 1.82) is 0 Å². The Morgan fingerprint density at radius 2 is 2.06 bits per heavy atom. The zero-order valence-corrected chi connectivity index (χ0v) is 11.6. The van der Waals surface area contributed by atoms with Gasteiger partial charge in [0.15, 0.2) is 0 Å². The van der Waals surface area contributed by atoms with Crippen molar-refractivity contribution in [2.75, 3.05) is 13.1 Å². The number of aromatic nitrogens is 1. The standard InChI is InChI=1S/C13H20N2OS/c1-13(2,3)12(16)15-7-4-10(5-8-15)11-14-6-9-17-11/h6,9-10H,4-5,7-8H2,1-3H3. The first-order chi connectivity index (χ1) is 7.98. The van der Waals surface area contributed by atoms with Crippen LogP contribution in [0.2, 0.25) is 0 Å². The van der Waals surface area contributed by atoms with Crippen LogP contribution in [0.3, 0.4) is 0 Å². The molecule has 1 aliphatic heterocycles. The summed E-state index contributed by atoms with van der Waals surface area (Å²) < 4.78 is 0. The van der Waals surface area contributed by atoms with Gasteiger partial charge in [0.2, 0.25) is 5.91 Å². The number of carbonyl (C=O) groups is 1. The van der Waals surface area contributed by atoms with Crippen molar-refractivity contribution >= 4 is 17.2 Å². The Kier molecular flexibility index (Phi) is 3.52. The van der Waals surface area contributed by atoms with Crippen LogP contribution in [0.15, 0.2) is 11.6 Å². The van der Waals surface area contributed by atoms with Crippen molar-refractivity contribution in [2.45, 2.75) is 39.5 Å². The molecule has 94 valence electrons. The molecule has 1 saturated heterocycles. The van der Waals surface area contributed by atoms with Crippen molar-refractivity contribution in [3.8, 4) is 0 Å². The Bertz CT molecular complexity index is 373. The molecule has 0 atom stereocenters. The van der Waals surface area contributed by atoms with Gasteiger partial charge in [0.05, 0.1) is 5.01 Å². The highest BCUT2D eigenvalue weighted by molar-refractivity contribution is 7.09. The molecule has 0 N–H and O–H groups in total. The van der Waals surface area contributed by atoms with Gasteiger partial charge in [-0.15, -0.1) is 11.3 Å². The fourth-order valence-electron chi connectivity index (χ4n) is 2.24. The molecule has 1 fully saturated rings. The number of amides is 1. The minimum atomic E-state index is -0.256. The molecule has 0 spiro atoms. The van der Waals surface area contributed by atoms with Crippen molar-refractivity contribution in [3.05, 3.63) is 16.6 Å². The van der Waals surface area contributed by atoms with Crippen LogP contribution in [-0.4, -0.2) is 28.9 Å². The summed E-state index contributed by atoms with van der Waals surface area (Å²) in [6, 6.07) is 0. The molecule has 3 nitrogen and oxygen atoms in total. The molecule has 0 radical (unpaired) electrons. The van der Waals surface area contributed by atoms with Gasteiger partial charge in [-0.3, -0.25) is 4.79 Å². The van der Waals surface area contributed by atoms with E-state index in [-0.39, 0.29) is 11.3 Å². The lowest BCUT2D eigenvalue weighted by Crippen LogP contribution is -2.43. The van der Waals surface area contributed by atoms with Crippen LogP contribution in [0.5, 0.6) is 0 Å². The molecule has 17 heavy (non-hydrogen) atoms. The summed E-state index contributed by atoms with van der Waals surface area (Å²) in [7, 11) is 0. The van der Waals surface area contributed by atoms with E-state index in [0.29, 0.717) is 5.92 Å². The lowest BCUT2D eigenvalue weighted by atomic mass is 9.91. The Morgan fingerprint density at radius 1 is 1.41 bits per heavy atom. The number of piperidine rings is 1. The molecule has 0 bridgehead atoms. The number of thiazole rings is 1. The maximum absolute atomic E-state index is 12.1. The van der Waals surface area contributed by atoms with E-state index >= 15 is 0 Å². The Morgan fingerprint density at radius 3 is 2.53 bits per heavy atom. The summed E-state index contributed by atoms with van der Waals surface area (Å²) in [5.41, 5.74) is -0.256. The monoisotopic (exact) mass is 252 g/mol. The molecule has 0 aliphatic carbocycles. The van der Waals surface area contributed by atoms with Crippen LogP contribution < -0.4 is 0 Å². The minimum absolute atomic E-state index is 0.256. The van der Waals surface area contributed by atoms with Gasteiger partial charge in [0.25, 0.3) is 0 Å². The number of hydrogen-bond donors (Lipinski definition) is 0. The number of rotatable bonds is 1. The molecular formula is C13H20N2OS. The molecule has 0 aromatic carbocycles. The second kappa shape index (κ2) is 4.77. The van der Waals surface area contributed by atoms with Gasteiger partial charge in [-0.25, -0.2) is 4.98 Å². The predicted molar refractivity (Wildman–Crippen MR) is 70.1 cm³/mol. The normalized spacial score (nSPS) is 18.4. The van der Waals surface area contributed by atoms with Gasteiger partial charge in [-0.2, -0.15) is 0 Å². The Labute approximate surface area is 107 Å². The predicted octanol–water partition coefficient (Wildman–Crippen LogP) is 2.90. The summed E-state index contributed by atoms with van der Waals surface area (Å²) >= 11 is 1.73. The molecule has 0 saturated carbocycles. The summed E-state index contributed by atoms with van der Waals surface area (Å²) in [5, 5.41) is 3.26. The number of likely N-dealkylation sites (tertiary alicyclic amines) is 1. The van der Waals surface area contributed by atoms with Crippen LogP contribution in [-0.2, 0) is 4.79 Å². The van der Waals surface area contributed by atoms with Crippen LogP contribution in [0.4, 0.5) is 0 Å². The van der Waals surface area contributed by atoms with Gasteiger partial charge >= 0.3 is 0 Å². The van der Waals surface area contributed by atoms with Crippen LogP contribution in [0.1, 0.15) is 44.5 Å². The molecule has 1 aromatic heterocycles. The Balaban J connectivity index is 1.93. The molecule has 1 aromatic rings. The smallest absolute Gasteiger partial charge is 0.227 e. The second-order valence-electron chi connectivity index (χ2n) is 5.69. The average molecular weight is 252 g/mol. The Hall–Kier alpha value is -0.900. The second-order valence-corrected chi connectivity index (χ2v) is 6.61. The summed E-state index contributed by atoms with van der Waals surface area (Å²) in [5.74, 6) is 0.828. The highest BCUT2D eigenvalue weighted by Crippen LogP contribution is 2.30. The zero-order chi connectivity index (χ0) is 12.5. The fraction of sp³-hybridized carbons (Fsp3) is 0.692. The quantitative estimate of drug-likeness (QED) is 0.770. The maximum atomic E-state index is 12.1. The lowest BCUT2D eigenvalue weighted by Gasteiger charge is -2.35. The van der Waals surface area contributed by atoms with E-state index in [9.17, 15) is 4.79 Å². The molecule has 4 heteroatoms. The SMILES string of the molecule is CC(C)(C)C(=O)N1CCC(c2nccs2)CC1. The molecule has 1 aliphatic rings. The van der Waals surface area contributed by atoms with E-state index in [1.165, 1.54) is 5.01 Å². The molecular weight excluding hydrogens is 232 g/mol. The van der Waals surface area contributed by atoms with Gasteiger partial charge in [0, 0.05) is 36.0 Å². The summed E-state index contributed by atoms with van der Waals surface area (Å²) in [6.45, 7) is 7.72. The third kappa shape index (κ3) is 2.86. The molecule has 1 amide bonds. The largest absolute Gasteiger partial charge is 0.342 e. The zero-order valence-electron chi connectivity index (χ0n) is 10.8. The van der Waals surface area contributed by atoms with Crippen molar-refractivity contribution in [2.24, 2.45) is 5.41 Å². The van der Waals surface area contributed by atoms with Gasteiger partial charge in [-0.05, 0) is 12.8 Å². The fourth-order valence-corrected chi connectivity index (χ4v) is 3.05. The third-order valence-corrected chi connectivity index (χ3v) is 4.16. The first-order valence-corrected chi connectivity index (χ1v) is 7.05. The maximum Gasteiger partial charge on any atom is 0.227 e. The van der Waals surface area contributed by atoms with Gasteiger partial charge in [0.1, 0.15) is 0 Å². The number of hydrogen-bond acceptors (Lipinski definition) is 3. The first-order valence-electron chi connectivity index (χ1n) is 6.17. The van der Waals surface area contributed by atoms with Crippen molar-refractivity contribution in [1.82, 2.24) is 9.88 Å². The van der Waals surface area contributed by atoms with E-state index in [1.807, 2.05) is 37.2 Å². The van der Waals surface area contributed by atoms with E-state index in [2.05, 4.69) is 4.98 Å². The third-order valence-electron chi connectivity index (χ3n) is 3.22. The van der Waals surface area contributed by atoms with Crippen molar-refractivity contribution in [3.63, 3.8) is 0 Å².